The van der Waals surface area contributed by atoms with E-state index in [0.29, 0.717) is 10.8 Å². The minimum atomic E-state index is -0.262. The van der Waals surface area contributed by atoms with E-state index in [9.17, 15) is 9.18 Å². The number of fused-ring (bicyclic) bond motifs is 1. The first kappa shape index (κ1) is 16.5. The van der Waals surface area contributed by atoms with E-state index in [4.69, 9.17) is 0 Å². The maximum atomic E-state index is 13.6. The zero-order valence-corrected chi connectivity index (χ0v) is 15.0. The Balaban J connectivity index is 1.83. The number of carbonyl (C=O) groups excluding carboxylic acids is 1. The van der Waals surface area contributed by atoms with Crippen molar-refractivity contribution in [3.63, 3.8) is 0 Å². The van der Waals surface area contributed by atoms with E-state index in [1.807, 2.05) is 6.92 Å². The Labute approximate surface area is 143 Å². The van der Waals surface area contributed by atoms with Crippen molar-refractivity contribution >= 4 is 29.0 Å². The molecular formula is C17H19FN2OS2. The molecule has 6 heteroatoms. The molecule has 0 fully saturated rings. The number of rotatable bonds is 3. The largest absolute Gasteiger partial charge is 0.344 e. The summed E-state index contributed by atoms with van der Waals surface area (Å²) in [5.74, 6) is 0.851. The number of thioether (sulfide) groups is 1. The van der Waals surface area contributed by atoms with Crippen LogP contribution in [0.25, 0.3) is 0 Å². The van der Waals surface area contributed by atoms with Gasteiger partial charge in [-0.05, 0) is 37.1 Å². The molecule has 1 amide bonds. The van der Waals surface area contributed by atoms with Crippen molar-refractivity contribution < 1.29 is 9.18 Å². The number of halogens is 1. The highest BCUT2D eigenvalue weighted by molar-refractivity contribution is 7.99. The fourth-order valence-corrected chi connectivity index (χ4v) is 4.69. The summed E-state index contributed by atoms with van der Waals surface area (Å²) in [5.41, 5.74) is 1.64. The number of nitrogens with zero attached hydrogens (tertiary/aromatic N) is 1. The van der Waals surface area contributed by atoms with Crippen LogP contribution in [0.2, 0.25) is 0 Å². The van der Waals surface area contributed by atoms with Gasteiger partial charge in [-0.25, -0.2) is 9.37 Å². The zero-order chi connectivity index (χ0) is 16.6. The first-order chi connectivity index (χ1) is 11.0. The van der Waals surface area contributed by atoms with Crippen molar-refractivity contribution in [2.45, 2.75) is 44.0 Å². The van der Waals surface area contributed by atoms with E-state index in [0.717, 1.165) is 33.3 Å². The average Bonchev–Trinajstić information content (AvgIpc) is 2.90. The van der Waals surface area contributed by atoms with Crippen LogP contribution in [0.4, 0.5) is 4.39 Å². The summed E-state index contributed by atoms with van der Waals surface area (Å²) in [6.45, 7) is 6.00. The van der Waals surface area contributed by atoms with Crippen LogP contribution in [0.3, 0.4) is 0 Å². The van der Waals surface area contributed by atoms with Crippen LogP contribution in [0.5, 0.6) is 0 Å². The lowest BCUT2D eigenvalue weighted by Crippen LogP contribution is -2.30. The van der Waals surface area contributed by atoms with E-state index in [1.54, 1.807) is 17.8 Å². The lowest BCUT2D eigenvalue weighted by Gasteiger charge is -2.25. The lowest BCUT2D eigenvalue weighted by molar-refractivity contribution is 0.0938. The van der Waals surface area contributed by atoms with Gasteiger partial charge in [0.25, 0.3) is 5.91 Å². The highest BCUT2D eigenvalue weighted by Gasteiger charge is 2.25. The van der Waals surface area contributed by atoms with Crippen molar-refractivity contribution in [2.75, 3.05) is 5.75 Å². The van der Waals surface area contributed by atoms with Gasteiger partial charge in [-0.3, -0.25) is 4.79 Å². The number of aromatic nitrogens is 1. The number of hydrogen-bond donors (Lipinski definition) is 1. The summed E-state index contributed by atoms with van der Waals surface area (Å²) in [4.78, 5) is 18.8. The molecule has 23 heavy (non-hydrogen) atoms. The molecule has 1 atom stereocenters. The van der Waals surface area contributed by atoms with E-state index in [-0.39, 0.29) is 17.8 Å². The van der Waals surface area contributed by atoms with Crippen LogP contribution in [0, 0.1) is 12.7 Å². The third-order valence-electron chi connectivity index (χ3n) is 3.83. The van der Waals surface area contributed by atoms with Crippen LogP contribution in [-0.2, 0) is 0 Å². The summed E-state index contributed by atoms with van der Waals surface area (Å²) in [6.07, 6.45) is 0.807. The first-order valence-corrected chi connectivity index (χ1v) is 9.46. The van der Waals surface area contributed by atoms with Crippen LogP contribution >= 0.6 is 23.1 Å². The molecule has 1 aliphatic rings. The van der Waals surface area contributed by atoms with Gasteiger partial charge in [0.05, 0.1) is 16.7 Å². The number of carbonyl (C=O) groups is 1. The number of thiazole rings is 1. The quantitative estimate of drug-likeness (QED) is 0.874. The lowest BCUT2D eigenvalue weighted by atomic mass is 10.0. The Kier molecular flexibility index (Phi) is 4.73. The molecule has 3 rings (SSSR count). The van der Waals surface area contributed by atoms with Crippen molar-refractivity contribution in [3.05, 3.63) is 45.2 Å². The third-order valence-corrected chi connectivity index (χ3v) is 6.41. The Morgan fingerprint density at radius 3 is 2.91 bits per heavy atom. The molecule has 1 aromatic carbocycles. The first-order valence-electron chi connectivity index (χ1n) is 7.66. The van der Waals surface area contributed by atoms with Gasteiger partial charge in [0.15, 0.2) is 0 Å². The van der Waals surface area contributed by atoms with Gasteiger partial charge >= 0.3 is 0 Å². The standard InChI is InChI=1S/C17H19FN2OS2/c1-9(2)17-19-10(3)15(23-17)16(21)20-13-6-7-22-14-5-4-11(18)8-12(13)14/h4-5,8-9,13H,6-7H2,1-3H3,(H,20,21). The van der Waals surface area contributed by atoms with E-state index < -0.39 is 0 Å². The molecular weight excluding hydrogens is 331 g/mol. The minimum Gasteiger partial charge on any atom is -0.344 e. The summed E-state index contributed by atoms with van der Waals surface area (Å²) in [6, 6.07) is 4.66. The molecule has 1 unspecified atom stereocenters. The molecule has 122 valence electrons. The van der Waals surface area contributed by atoms with Gasteiger partial charge < -0.3 is 5.32 Å². The van der Waals surface area contributed by atoms with Crippen LogP contribution in [0.1, 0.15) is 58.2 Å². The van der Waals surface area contributed by atoms with Gasteiger partial charge in [-0.15, -0.1) is 23.1 Å². The van der Waals surface area contributed by atoms with Crippen molar-refractivity contribution in [1.82, 2.24) is 10.3 Å². The molecule has 1 aliphatic heterocycles. The van der Waals surface area contributed by atoms with Crippen molar-refractivity contribution in [2.24, 2.45) is 0 Å². The second kappa shape index (κ2) is 6.61. The van der Waals surface area contributed by atoms with Crippen LogP contribution in [-0.4, -0.2) is 16.6 Å². The summed E-state index contributed by atoms with van der Waals surface area (Å²) < 4.78 is 13.6. The second-order valence-corrected chi connectivity index (χ2v) is 8.13. The zero-order valence-electron chi connectivity index (χ0n) is 13.4. The van der Waals surface area contributed by atoms with Crippen molar-refractivity contribution in [3.8, 4) is 0 Å². The van der Waals surface area contributed by atoms with Gasteiger partial charge in [0, 0.05) is 16.6 Å². The number of nitrogens with one attached hydrogen (secondary N) is 1. The normalized spacial score (nSPS) is 17.2. The molecule has 0 saturated heterocycles. The second-order valence-electron chi connectivity index (χ2n) is 5.97. The fourth-order valence-electron chi connectivity index (χ4n) is 2.61. The molecule has 2 aromatic rings. The highest BCUT2D eigenvalue weighted by Crippen LogP contribution is 2.37. The Bertz CT molecular complexity index is 742. The van der Waals surface area contributed by atoms with Gasteiger partial charge in [0.2, 0.25) is 0 Å². The Morgan fingerprint density at radius 2 is 2.22 bits per heavy atom. The third kappa shape index (κ3) is 3.43. The maximum absolute atomic E-state index is 13.6. The number of aryl methyl sites for hydroxylation is 1. The molecule has 1 N–H and O–H groups in total. The van der Waals surface area contributed by atoms with Crippen molar-refractivity contribution in [1.29, 1.82) is 0 Å². The fraction of sp³-hybridized carbons (Fsp3) is 0.412. The number of amides is 1. The molecule has 2 heterocycles. The molecule has 0 spiro atoms. The Hall–Kier alpha value is -1.40. The highest BCUT2D eigenvalue weighted by atomic mass is 32.2. The summed E-state index contributed by atoms with van der Waals surface area (Å²) in [5, 5.41) is 4.03. The van der Waals surface area contributed by atoms with E-state index >= 15 is 0 Å². The molecule has 3 nitrogen and oxygen atoms in total. The molecule has 0 bridgehead atoms. The number of hydrogen-bond acceptors (Lipinski definition) is 4. The molecule has 1 aromatic heterocycles. The minimum absolute atomic E-state index is 0.112. The topological polar surface area (TPSA) is 42.0 Å². The van der Waals surface area contributed by atoms with E-state index in [1.165, 1.54) is 23.5 Å². The predicted molar refractivity (Wildman–Crippen MR) is 92.9 cm³/mol. The van der Waals surface area contributed by atoms with Crippen LogP contribution in [0.15, 0.2) is 23.1 Å². The van der Waals surface area contributed by atoms with Gasteiger partial charge in [-0.2, -0.15) is 0 Å². The maximum Gasteiger partial charge on any atom is 0.263 e. The molecule has 0 radical (unpaired) electrons. The summed E-state index contributed by atoms with van der Waals surface area (Å²) in [7, 11) is 0. The molecule has 0 aliphatic carbocycles. The Morgan fingerprint density at radius 1 is 1.43 bits per heavy atom. The van der Waals surface area contributed by atoms with Gasteiger partial charge in [-0.1, -0.05) is 13.8 Å². The number of benzene rings is 1. The van der Waals surface area contributed by atoms with Gasteiger partial charge in [0.1, 0.15) is 10.7 Å². The van der Waals surface area contributed by atoms with Crippen LogP contribution < -0.4 is 5.32 Å². The monoisotopic (exact) mass is 350 g/mol. The SMILES string of the molecule is Cc1nc(C(C)C)sc1C(=O)NC1CCSc2ccc(F)cc21. The van der Waals surface area contributed by atoms with E-state index in [2.05, 4.69) is 24.1 Å². The molecule has 0 saturated carbocycles. The summed E-state index contributed by atoms with van der Waals surface area (Å²) >= 11 is 3.15. The smallest absolute Gasteiger partial charge is 0.263 e. The average molecular weight is 350 g/mol. The predicted octanol–water partition coefficient (Wildman–Crippen LogP) is 4.68.